The van der Waals surface area contributed by atoms with E-state index in [-0.39, 0.29) is 0 Å². The van der Waals surface area contributed by atoms with Crippen LogP contribution >= 0.6 is 15.9 Å². The molecule has 7 nitrogen and oxygen atoms in total. The van der Waals surface area contributed by atoms with Gasteiger partial charge in [-0.05, 0) is 92.0 Å². The molecule has 0 saturated heterocycles. The van der Waals surface area contributed by atoms with Crippen molar-refractivity contribution in [1.82, 2.24) is 14.5 Å². The molecule has 0 aliphatic rings. The van der Waals surface area contributed by atoms with Crippen molar-refractivity contribution < 1.29 is 13.9 Å². The molecule has 1 amide bonds. The van der Waals surface area contributed by atoms with Gasteiger partial charge in [0.25, 0.3) is 0 Å². The van der Waals surface area contributed by atoms with Gasteiger partial charge in [-0.3, -0.25) is 5.32 Å². The van der Waals surface area contributed by atoms with E-state index in [1.54, 1.807) is 0 Å². The van der Waals surface area contributed by atoms with Crippen LogP contribution in [0.3, 0.4) is 0 Å². The fourth-order valence-electron chi connectivity index (χ4n) is 4.66. The lowest BCUT2D eigenvalue weighted by atomic mass is 10.1. The molecular weight excluding hydrogens is 544 g/mol. The number of amides is 1. The van der Waals surface area contributed by atoms with E-state index in [1.807, 2.05) is 58.0 Å². The van der Waals surface area contributed by atoms with Gasteiger partial charge in [0.15, 0.2) is 11.4 Å². The standard InChI is InChI=1S/C30H31BrN4O3/c1-7-24-34-26-17(2)14-18(3)32-28(26)35(24)16-19-12-13-23-21(15-19)25(31)27(37-23)20-10-8-9-11-22(20)33-29(36)38-30(4,5)6/h8-15H,7,16H2,1-6H3,(H,33,36). The Morgan fingerprint density at radius 3 is 2.61 bits per heavy atom. The molecular formula is C30H31BrN4O3. The van der Waals surface area contributed by atoms with Gasteiger partial charge < -0.3 is 13.7 Å². The van der Waals surface area contributed by atoms with E-state index < -0.39 is 11.7 Å². The van der Waals surface area contributed by atoms with Crippen LogP contribution in [0.25, 0.3) is 33.5 Å². The van der Waals surface area contributed by atoms with Gasteiger partial charge in [0, 0.05) is 23.1 Å². The number of nitrogens with one attached hydrogen (secondary N) is 1. The lowest BCUT2D eigenvalue weighted by Gasteiger charge is -2.20. The number of aromatic nitrogens is 3. The fraction of sp³-hybridized carbons (Fsp3) is 0.300. The summed E-state index contributed by atoms with van der Waals surface area (Å²) in [6, 6.07) is 15.8. The number of ether oxygens (including phenoxy) is 1. The van der Waals surface area contributed by atoms with Gasteiger partial charge in [0.05, 0.1) is 16.7 Å². The summed E-state index contributed by atoms with van der Waals surface area (Å²) >= 11 is 3.77. The number of halogens is 1. The molecule has 0 saturated carbocycles. The van der Waals surface area contributed by atoms with Crippen molar-refractivity contribution in [3.8, 4) is 11.3 Å². The van der Waals surface area contributed by atoms with Crippen LogP contribution in [0.2, 0.25) is 0 Å². The molecule has 0 atom stereocenters. The zero-order valence-corrected chi connectivity index (χ0v) is 24.1. The van der Waals surface area contributed by atoms with Gasteiger partial charge in [0.1, 0.15) is 22.5 Å². The normalized spacial score (nSPS) is 11.9. The number of imidazole rings is 1. The number of pyridine rings is 1. The third kappa shape index (κ3) is 5.05. The average molecular weight is 576 g/mol. The highest BCUT2D eigenvalue weighted by atomic mass is 79.9. The van der Waals surface area contributed by atoms with Crippen molar-refractivity contribution in [2.45, 2.75) is 60.1 Å². The smallest absolute Gasteiger partial charge is 0.412 e. The number of carbonyl (C=O) groups excluding carboxylic acids is 1. The van der Waals surface area contributed by atoms with Crippen molar-refractivity contribution in [2.75, 3.05) is 5.32 Å². The summed E-state index contributed by atoms with van der Waals surface area (Å²) in [7, 11) is 0. The molecule has 1 N–H and O–H groups in total. The van der Waals surface area contributed by atoms with Crippen LogP contribution in [0.5, 0.6) is 0 Å². The molecule has 0 bridgehead atoms. The van der Waals surface area contributed by atoms with Gasteiger partial charge in [0.2, 0.25) is 0 Å². The number of aryl methyl sites for hydroxylation is 3. The van der Waals surface area contributed by atoms with Crippen LogP contribution in [0.15, 0.2) is 57.4 Å². The van der Waals surface area contributed by atoms with Crippen molar-refractivity contribution in [1.29, 1.82) is 0 Å². The highest BCUT2D eigenvalue weighted by Gasteiger charge is 2.21. The highest BCUT2D eigenvalue weighted by molar-refractivity contribution is 9.10. The van der Waals surface area contributed by atoms with E-state index >= 15 is 0 Å². The quantitative estimate of drug-likeness (QED) is 0.229. The minimum Gasteiger partial charge on any atom is -0.455 e. The van der Waals surface area contributed by atoms with Crippen molar-refractivity contribution in [3.63, 3.8) is 0 Å². The second-order valence-corrected chi connectivity index (χ2v) is 11.3. The van der Waals surface area contributed by atoms with Gasteiger partial charge in [-0.15, -0.1) is 0 Å². The summed E-state index contributed by atoms with van der Waals surface area (Å²) < 4.78 is 14.7. The van der Waals surface area contributed by atoms with Crippen molar-refractivity contribution in [2.24, 2.45) is 0 Å². The molecule has 3 heterocycles. The predicted molar refractivity (Wildman–Crippen MR) is 155 cm³/mol. The number of para-hydroxylation sites is 1. The van der Waals surface area contributed by atoms with E-state index in [2.05, 4.69) is 57.9 Å². The molecule has 5 rings (SSSR count). The van der Waals surface area contributed by atoms with E-state index in [9.17, 15) is 4.79 Å². The number of benzene rings is 2. The number of carbonyl (C=O) groups is 1. The monoisotopic (exact) mass is 574 g/mol. The number of anilines is 1. The number of rotatable bonds is 5. The molecule has 0 radical (unpaired) electrons. The number of furan rings is 1. The van der Waals surface area contributed by atoms with Crippen molar-refractivity contribution >= 4 is 49.8 Å². The molecule has 5 aromatic rings. The van der Waals surface area contributed by atoms with Gasteiger partial charge >= 0.3 is 6.09 Å². The Morgan fingerprint density at radius 1 is 1.11 bits per heavy atom. The Balaban J connectivity index is 1.52. The molecule has 196 valence electrons. The van der Waals surface area contributed by atoms with E-state index in [0.29, 0.717) is 18.0 Å². The van der Waals surface area contributed by atoms with E-state index in [0.717, 1.165) is 61.2 Å². The van der Waals surface area contributed by atoms with Gasteiger partial charge in [-0.2, -0.15) is 0 Å². The first-order valence-electron chi connectivity index (χ1n) is 12.7. The topological polar surface area (TPSA) is 82.2 Å². The van der Waals surface area contributed by atoms with Crippen molar-refractivity contribution in [3.05, 3.63) is 75.6 Å². The Labute approximate surface area is 230 Å². The van der Waals surface area contributed by atoms with Crippen LogP contribution in [0, 0.1) is 13.8 Å². The predicted octanol–water partition coefficient (Wildman–Crippen LogP) is 8.18. The van der Waals surface area contributed by atoms with Crippen LogP contribution in [0.1, 0.15) is 50.3 Å². The lowest BCUT2D eigenvalue weighted by Crippen LogP contribution is -2.27. The lowest BCUT2D eigenvalue weighted by molar-refractivity contribution is 0.0636. The van der Waals surface area contributed by atoms with Gasteiger partial charge in [-0.25, -0.2) is 14.8 Å². The van der Waals surface area contributed by atoms with Crippen LogP contribution in [-0.2, 0) is 17.7 Å². The second-order valence-electron chi connectivity index (χ2n) is 10.5. The molecule has 0 spiro atoms. The number of hydrogen-bond acceptors (Lipinski definition) is 5. The molecule has 0 aliphatic heterocycles. The first-order valence-corrected chi connectivity index (χ1v) is 13.5. The Morgan fingerprint density at radius 2 is 1.87 bits per heavy atom. The zero-order valence-electron chi connectivity index (χ0n) is 22.5. The first-order chi connectivity index (χ1) is 18.0. The third-order valence-corrected chi connectivity index (χ3v) is 7.04. The van der Waals surface area contributed by atoms with E-state index in [4.69, 9.17) is 19.1 Å². The minimum absolute atomic E-state index is 0.516. The first kappa shape index (κ1) is 26.0. The number of nitrogens with zero attached hydrogens (tertiary/aromatic N) is 3. The third-order valence-electron chi connectivity index (χ3n) is 6.26. The van der Waals surface area contributed by atoms with Gasteiger partial charge in [-0.1, -0.05) is 25.1 Å². The Bertz CT molecular complexity index is 1680. The summed E-state index contributed by atoms with van der Waals surface area (Å²) in [5.74, 6) is 1.65. The summed E-state index contributed by atoms with van der Waals surface area (Å²) in [5, 5.41) is 3.81. The average Bonchev–Trinajstić information content (AvgIpc) is 3.36. The molecule has 0 fully saturated rings. The number of hydrogen-bond donors (Lipinski definition) is 1. The Kier molecular flexibility index (Phi) is 6.77. The fourth-order valence-corrected chi connectivity index (χ4v) is 5.26. The second kappa shape index (κ2) is 9.91. The molecule has 3 aromatic heterocycles. The SMILES string of the molecule is CCc1nc2c(C)cc(C)nc2n1Cc1ccc2oc(-c3ccccc3NC(=O)OC(C)(C)C)c(Br)c2c1. The molecule has 0 unspecified atom stereocenters. The zero-order chi connectivity index (χ0) is 27.2. The van der Waals surface area contributed by atoms with Crippen LogP contribution in [-0.4, -0.2) is 26.2 Å². The summed E-state index contributed by atoms with van der Waals surface area (Å²) in [5.41, 5.74) is 6.61. The van der Waals surface area contributed by atoms with Crippen LogP contribution in [0.4, 0.5) is 10.5 Å². The molecule has 38 heavy (non-hydrogen) atoms. The summed E-state index contributed by atoms with van der Waals surface area (Å²) in [6.07, 6.45) is 0.302. The molecule has 8 heteroatoms. The molecule has 0 aliphatic carbocycles. The highest BCUT2D eigenvalue weighted by Crippen LogP contribution is 2.41. The maximum atomic E-state index is 12.5. The molecule has 2 aromatic carbocycles. The van der Waals surface area contributed by atoms with Crippen LogP contribution < -0.4 is 5.32 Å². The minimum atomic E-state index is -0.597. The summed E-state index contributed by atoms with van der Waals surface area (Å²) in [4.78, 5) is 22.1. The summed E-state index contributed by atoms with van der Waals surface area (Å²) in [6.45, 7) is 12.4. The number of fused-ring (bicyclic) bond motifs is 2. The maximum Gasteiger partial charge on any atom is 0.412 e. The largest absolute Gasteiger partial charge is 0.455 e. The van der Waals surface area contributed by atoms with E-state index in [1.165, 1.54) is 0 Å². The Hall–Kier alpha value is -3.65. The maximum absolute atomic E-state index is 12.5.